The standard InChI is InChI=1S/C12H27N4O10P/c13-5-7(15)11(19)24-4(9(5)18)2-23-12-8(16)6(14)10(3(1-17)25-12)26-27(20,21)22/h3-12,17-19H,1-2,13-16H2,(H2,20,21,22)/t3-,4-,5-,6-,7-,8-,9-,10-,11+,12-/m1/s1. The summed E-state index contributed by atoms with van der Waals surface area (Å²) in [6.07, 6.45) is -7.51. The predicted molar refractivity (Wildman–Crippen MR) is 87.4 cm³/mol. The lowest BCUT2D eigenvalue weighted by Gasteiger charge is -2.44. The first-order valence-electron chi connectivity index (χ1n) is 8.12. The molecule has 2 heterocycles. The van der Waals surface area contributed by atoms with Gasteiger partial charge in [0.05, 0.1) is 43.5 Å². The van der Waals surface area contributed by atoms with Crippen LogP contribution in [-0.2, 0) is 23.3 Å². The molecule has 0 amide bonds. The number of ether oxygens (including phenoxy) is 3. The van der Waals surface area contributed by atoms with E-state index >= 15 is 0 Å². The van der Waals surface area contributed by atoms with Gasteiger partial charge in [0.2, 0.25) is 0 Å². The number of phosphoric ester groups is 1. The van der Waals surface area contributed by atoms with Crippen LogP contribution in [0.1, 0.15) is 0 Å². The molecule has 0 radical (unpaired) electrons. The summed E-state index contributed by atoms with van der Waals surface area (Å²) in [6.45, 7) is -0.988. The average Bonchev–Trinajstić information content (AvgIpc) is 2.59. The van der Waals surface area contributed by atoms with E-state index in [4.69, 9.17) is 46.9 Å². The van der Waals surface area contributed by atoms with Gasteiger partial charge in [-0.3, -0.25) is 4.52 Å². The van der Waals surface area contributed by atoms with E-state index in [0.717, 1.165) is 0 Å². The molecule has 15 heteroatoms. The first-order valence-corrected chi connectivity index (χ1v) is 9.65. The van der Waals surface area contributed by atoms with Crippen molar-refractivity contribution in [1.82, 2.24) is 0 Å². The molecule has 2 rings (SSSR count). The Bertz CT molecular complexity index is 538. The molecule has 0 aliphatic carbocycles. The molecule has 14 nitrogen and oxygen atoms in total. The number of phosphoric acid groups is 1. The van der Waals surface area contributed by atoms with Crippen LogP contribution in [-0.4, -0.2) is 99.5 Å². The number of aliphatic hydroxyl groups is 3. The molecule has 2 aliphatic heterocycles. The van der Waals surface area contributed by atoms with Gasteiger partial charge in [-0.15, -0.1) is 0 Å². The zero-order valence-corrected chi connectivity index (χ0v) is 15.1. The van der Waals surface area contributed by atoms with E-state index < -0.39 is 75.6 Å². The Hall–Kier alpha value is -0.290. The molecule has 10 atom stereocenters. The summed E-state index contributed by atoms with van der Waals surface area (Å²) in [6, 6.07) is -4.18. The maximum absolute atomic E-state index is 11.1. The molecule has 0 saturated carbocycles. The van der Waals surface area contributed by atoms with Gasteiger partial charge >= 0.3 is 7.82 Å². The van der Waals surface area contributed by atoms with Gasteiger partial charge in [-0.05, 0) is 0 Å². The number of hydrogen-bond acceptors (Lipinski definition) is 12. The van der Waals surface area contributed by atoms with Gasteiger partial charge in [-0.25, -0.2) is 4.57 Å². The van der Waals surface area contributed by atoms with E-state index in [1.807, 2.05) is 0 Å². The number of hydrogen-bond donors (Lipinski definition) is 9. The van der Waals surface area contributed by atoms with Gasteiger partial charge in [-0.2, -0.15) is 0 Å². The maximum Gasteiger partial charge on any atom is 0.470 e. The Balaban J connectivity index is 2.00. The zero-order valence-electron chi connectivity index (χ0n) is 14.2. The van der Waals surface area contributed by atoms with Crippen LogP contribution < -0.4 is 22.9 Å². The van der Waals surface area contributed by atoms with Gasteiger partial charge in [0.25, 0.3) is 0 Å². The van der Waals surface area contributed by atoms with Crippen molar-refractivity contribution in [2.24, 2.45) is 22.9 Å². The average molecular weight is 418 g/mol. The van der Waals surface area contributed by atoms with Crippen LogP contribution >= 0.6 is 7.82 Å². The van der Waals surface area contributed by atoms with Crippen molar-refractivity contribution in [3.8, 4) is 0 Å². The van der Waals surface area contributed by atoms with Crippen molar-refractivity contribution in [3.05, 3.63) is 0 Å². The van der Waals surface area contributed by atoms with Crippen LogP contribution in [0.25, 0.3) is 0 Å². The highest BCUT2D eigenvalue weighted by molar-refractivity contribution is 7.46. The van der Waals surface area contributed by atoms with E-state index in [0.29, 0.717) is 0 Å². The van der Waals surface area contributed by atoms with Crippen molar-refractivity contribution in [2.45, 2.75) is 61.2 Å². The highest BCUT2D eigenvalue weighted by Gasteiger charge is 2.47. The molecule has 160 valence electrons. The molecule has 2 fully saturated rings. The van der Waals surface area contributed by atoms with Crippen molar-refractivity contribution in [3.63, 3.8) is 0 Å². The first-order chi connectivity index (χ1) is 12.5. The molecular formula is C12H27N4O10P. The third-order valence-corrected chi connectivity index (χ3v) is 5.06. The molecule has 0 spiro atoms. The molecule has 0 aromatic heterocycles. The third-order valence-electron chi connectivity index (χ3n) is 4.54. The molecule has 0 unspecified atom stereocenters. The third kappa shape index (κ3) is 5.41. The Kier molecular flexibility index (Phi) is 7.68. The first kappa shape index (κ1) is 23.0. The van der Waals surface area contributed by atoms with Gasteiger partial charge in [0.15, 0.2) is 12.6 Å². The molecule has 0 bridgehead atoms. The van der Waals surface area contributed by atoms with E-state index in [-0.39, 0.29) is 6.61 Å². The second-order valence-corrected chi connectivity index (χ2v) is 7.68. The Morgan fingerprint density at radius 1 is 0.926 bits per heavy atom. The number of nitrogens with two attached hydrogens (primary N) is 4. The maximum atomic E-state index is 11.1. The fourth-order valence-electron chi connectivity index (χ4n) is 2.93. The SMILES string of the molecule is N[C@@H]1[C@@H](N)[C@@H](O)O[C@H](CO[C@@H]2O[C@H](CO)[C@@H](OP(=O)(O)O)[C@H](N)[C@H]2N)[C@H]1O. The van der Waals surface area contributed by atoms with Gasteiger partial charge < -0.3 is 62.3 Å². The number of aliphatic hydroxyl groups excluding tert-OH is 3. The summed E-state index contributed by atoms with van der Waals surface area (Å²) in [4.78, 5) is 17.9. The predicted octanol–water partition coefficient (Wildman–Crippen LogP) is -5.41. The lowest BCUT2D eigenvalue weighted by atomic mass is 9.95. The van der Waals surface area contributed by atoms with Gasteiger partial charge in [0, 0.05) is 0 Å². The molecule has 2 saturated heterocycles. The van der Waals surface area contributed by atoms with E-state index in [2.05, 4.69) is 4.52 Å². The molecule has 13 N–H and O–H groups in total. The van der Waals surface area contributed by atoms with Gasteiger partial charge in [0.1, 0.15) is 18.3 Å². The topological polar surface area (TPSA) is 259 Å². The summed E-state index contributed by atoms with van der Waals surface area (Å²) in [5, 5.41) is 29.2. The fourth-order valence-corrected chi connectivity index (χ4v) is 3.52. The normalized spacial score (nSPS) is 46.4. The minimum absolute atomic E-state index is 0.314. The summed E-state index contributed by atoms with van der Waals surface area (Å²) >= 11 is 0. The van der Waals surface area contributed by atoms with Crippen LogP contribution in [0, 0.1) is 0 Å². The second-order valence-electron chi connectivity index (χ2n) is 6.48. The second kappa shape index (κ2) is 9.02. The Morgan fingerprint density at radius 2 is 1.56 bits per heavy atom. The van der Waals surface area contributed by atoms with Crippen LogP contribution in [0.4, 0.5) is 0 Å². The molecule has 2 aliphatic rings. The van der Waals surface area contributed by atoms with Crippen molar-refractivity contribution in [2.75, 3.05) is 13.2 Å². The largest absolute Gasteiger partial charge is 0.470 e. The highest BCUT2D eigenvalue weighted by Crippen LogP contribution is 2.40. The van der Waals surface area contributed by atoms with Crippen molar-refractivity contribution in [1.29, 1.82) is 0 Å². The minimum Gasteiger partial charge on any atom is -0.394 e. The van der Waals surface area contributed by atoms with E-state index in [1.54, 1.807) is 0 Å². The van der Waals surface area contributed by atoms with E-state index in [1.165, 1.54) is 0 Å². The highest BCUT2D eigenvalue weighted by atomic mass is 31.2. The molecular weight excluding hydrogens is 391 g/mol. The smallest absolute Gasteiger partial charge is 0.394 e. The molecule has 0 aromatic rings. The monoisotopic (exact) mass is 418 g/mol. The summed E-state index contributed by atoms with van der Waals surface area (Å²) < 4.78 is 31.6. The van der Waals surface area contributed by atoms with E-state index in [9.17, 15) is 19.9 Å². The molecule has 27 heavy (non-hydrogen) atoms. The Morgan fingerprint density at radius 3 is 2.11 bits per heavy atom. The van der Waals surface area contributed by atoms with Crippen LogP contribution in [0.15, 0.2) is 0 Å². The summed E-state index contributed by atoms with van der Waals surface area (Å²) in [5.74, 6) is 0. The lowest BCUT2D eigenvalue weighted by molar-refractivity contribution is -0.272. The lowest BCUT2D eigenvalue weighted by Crippen LogP contribution is -2.67. The zero-order chi connectivity index (χ0) is 20.5. The number of rotatable bonds is 6. The Labute approximate surface area is 154 Å². The summed E-state index contributed by atoms with van der Waals surface area (Å²) in [7, 11) is -4.91. The minimum atomic E-state index is -4.91. The van der Waals surface area contributed by atoms with Crippen molar-refractivity contribution < 1.29 is 48.4 Å². The quantitative estimate of drug-likeness (QED) is 0.182. The van der Waals surface area contributed by atoms with Crippen LogP contribution in [0.3, 0.4) is 0 Å². The fraction of sp³-hybridized carbons (Fsp3) is 1.00. The van der Waals surface area contributed by atoms with Crippen LogP contribution in [0.5, 0.6) is 0 Å². The van der Waals surface area contributed by atoms with Crippen molar-refractivity contribution >= 4 is 7.82 Å². The van der Waals surface area contributed by atoms with Gasteiger partial charge in [-0.1, -0.05) is 0 Å². The molecule has 0 aromatic carbocycles. The summed E-state index contributed by atoms with van der Waals surface area (Å²) in [5.41, 5.74) is 23.1. The van der Waals surface area contributed by atoms with Crippen LogP contribution in [0.2, 0.25) is 0 Å².